The molecule has 0 saturated heterocycles. The van der Waals surface area contributed by atoms with Gasteiger partial charge in [0.1, 0.15) is 0 Å². The lowest BCUT2D eigenvalue weighted by molar-refractivity contribution is 0.661. The molecule has 10 aromatic rings. The molecule has 0 N–H and O–H groups in total. The van der Waals surface area contributed by atoms with Crippen molar-refractivity contribution in [3.8, 4) is 56.2 Å². The molecular formula is C51H34N2S. The van der Waals surface area contributed by atoms with E-state index in [0.717, 1.165) is 39.3 Å². The normalized spacial score (nSPS) is 13.1. The Morgan fingerprint density at radius 1 is 0.407 bits per heavy atom. The zero-order valence-corrected chi connectivity index (χ0v) is 30.8. The molecule has 2 nitrogen and oxygen atoms in total. The molecule has 1 aliphatic rings. The van der Waals surface area contributed by atoms with Crippen LogP contribution < -0.4 is 0 Å². The zero-order valence-electron chi connectivity index (χ0n) is 30.0. The van der Waals surface area contributed by atoms with Crippen LogP contribution in [-0.4, -0.2) is 9.97 Å². The molecule has 0 aliphatic heterocycles. The van der Waals surface area contributed by atoms with Gasteiger partial charge in [0.2, 0.25) is 0 Å². The van der Waals surface area contributed by atoms with Gasteiger partial charge in [0, 0.05) is 42.3 Å². The minimum atomic E-state index is -0.110. The van der Waals surface area contributed by atoms with E-state index < -0.39 is 0 Å². The summed E-state index contributed by atoms with van der Waals surface area (Å²) < 4.78 is 2.56. The SMILES string of the molecule is CC1(C)c2cccc(-c3ccc(-c4nc(-c5ccccc5)cc(-c5ccc6c(c5)sc5ccccc56)n4)c4ccccc34)c2-c2c1ccc1ccccc21. The Kier molecular flexibility index (Phi) is 6.80. The number of aromatic nitrogens is 2. The number of fused-ring (bicyclic) bond motifs is 9. The summed E-state index contributed by atoms with van der Waals surface area (Å²) in [4.78, 5) is 10.6. The zero-order chi connectivity index (χ0) is 36.0. The molecule has 0 bridgehead atoms. The second-order valence-electron chi connectivity index (χ2n) is 14.9. The quantitative estimate of drug-likeness (QED) is 0.182. The highest BCUT2D eigenvalue weighted by Crippen LogP contribution is 2.55. The van der Waals surface area contributed by atoms with Gasteiger partial charge in [0.15, 0.2) is 5.82 Å². The van der Waals surface area contributed by atoms with E-state index in [1.807, 2.05) is 11.3 Å². The van der Waals surface area contributed by atoms with Crippen molar-refractivity contribution in [2.24, 2.45) is 0 Å². The van der Waals surface area contributed by atoms with E-state index >= 15 is 0 Å². The summed E-state index contributed by atoms with van der Waals surface area (Å²) >= 11 is 1.83. The van der Waals surface area contributed by atoms with Crippen molar-refractivity contribution in [3.05, 3.63) is 181 Å². The Morgan fingerprint density at radius 2 is 1.06 bits per heavy atom. The molecule has 54 heavy (non-hydrogen) atoms. The van der Waals surface area contributed by atoms with E-state index in [0.29, 0.717) is 0 Å². The Balaban J connectivity index is 1.12. The predicted molar refractivity (Wildman–Crippen MR) is 229 cm³/mol. The minimum absolute atomic E-state index is 0.110. The molecule has 0 radical (unpaired) electrons. The summed E-state index contributed by atoms with van der Waals surface area (Å²) in [6.07, 6.45) is 0. The van der Waals surface area contributed by atoms with E-state index in [4.69, 9.17) is 9.97 Å². The standard InChI is InChI=1S/C51H34N2S/c1-51(2)42-21-12-20-40(49(42)48-34-16-7-6-13-31(34)24-28-43(48)51)37-26-27-41(36-18-9-8-17-35(36)37)50-52-44(32-14-4-3-5-15-32)30-45(53-50)33-23-25-39-38-19-10-11-22-46(38)54-47(39)29-33/h3-30H,1-2H3. The smallest absolute Gasteiger partial charge is 0.161 e. The summed E-state index contributed by atoms with van der Waals surface area (Å²) in [6, 6.07) is 61.6. The highest BCUT2D eigenvalue weighted by molar-refractivity contribution is 7.25. The average molecular weight is 707 g/mol. The third-order valence-corrected chi connectivity index (χ3v) is 12.6. The van der Waals surface area contributed by atoms with Crippen LogP contribution in [0.15, 0.2) is 170 Å². The molecule has 11 rings (SSSR count). The summed E-state index contributed by atoms with van der Waals surface area (Å²) in [5, 5.41) is 7.49. The number of thiophene rings is 1. The van der Waals surface area contributed by atoms with Gasteiger partial charge in [-0.25, -0.2) is 9.97 Å². The van der Waals surface area contributed by atoms with Gasteiger partial charge in [-0.2, -0.15) is 0 Å². The monoisotopic (exact) mass is 706 g/mol. The molecule has 0 fully saturated rings. The first-order chi connectivity index (χ1) is 26.5. The van der Waals surface area contributed by atoms with Gasteiger partial charge in [-0.3, -0.25) is 0 Å². The maximum absolute atomic E-state index is 5.35. The van der Waals surface area contributed by atoms with Crippen LogP contribution in [0.4, 0.5) is 0 Å². The van der Waals surface area contributed by atoms with Gasteiger partial charge < -0.3 is 0 Å². The van der Waals surface area contributed by atoms with Crippen LogP contribution in [0.3, 0.4) is 0 Å². The molecule has 254 valence electrons. The fraction of sp³-hybridized carbons (Fsp3) is 0.0588. The lowest BCUT2D eigenvalue weighted by atomic mass is 9.81. The second kappa shape index (κ2) is 11.8. The molecule has 0 amide bonds. The van der Waals surface area contributed by atoms with Crippen LogP contribution in [0.5, 0.6) is 0 Å². The first-order valence-electron chi connectivity index (χ1n) is 18.6. The predicted octanol–water partition coefficient (Wildman–Crippen LogP) is 14.1. The fourth-order valence-corrected chi connectivity index (χ4v) is 10.0. The van der Waals surface area contributed by atoms with Gasteiger partial charge in [-0.15, -0.1) is 11.3 Å². The van der Waals surface area contributed by atoms with Crippen LogP contribution in [0, 0.1) is 0 Å². The average Bonchev–Trinajstić information content (AvgIpc) is 3.72. The molecule has 2 heterocycles. The van der Waals surface area contributed by atoms with Crippen molar-refractivity contribution in [1.29, 1.82) is 0 Å². The van der Waals surface area contributed by atoms with Crippen molar-refractivity contribution >= 4 is 53.1 Å². The molecule has 3 heteroatoms. The molecular weight excluding hydrogens is 673 g/mol. The lowest BCUT2D eigenvalue weighted by Gasteiger charge is -2.22. The molecule has 0 saturated carbocycles. The van der Waals surface area contributed by atoms with Crippen molar-refractivity contribution in [1.82, 2.24) is 9.97 Å². The van der Waals surface area contributed by atoms with Crippen LogP contribution in [0.25, 0.3) is 97.9 Å². The number of benzene rings is 8. The minimum Gasteiger partial charge on any atom is -0.228 e. The second-order valence-corrected chi connectivity index (χ2v) is 16.0. The Hall–Kier alpha value is -6.42. The van der Waals surface area contributed by atoms with Gasteiger partial charge >= 0.3 is 0 Å². The summed E-state index contributed by atoms with van der Waals surface area (Å²) in [5.74, 6) is 0.723. The third kappa shape index (κ3) is 4.65. The number of rotatable bonds is 4. The van der Waals surface area contributed by atoms with Crippen molar-refractivity contribution in [2.75, 3.05) is 0 Å². The van der Waals surface area contributed by atoms with E-state index in [-0.39, 0.29) is 5.41 Å². The first-order valence-corrected chi connectivity index (χ1v) is 19.4. The van der Waals surface area contributed by atoms with Crippen LogP contribution in [0.1, 0.15) is 25.0 Å². The van der Waals surface area contributed by atoms with Crippen LogP contribution in [0.2, 0.25) is 0 Å². The number of nitrogens with zero attached hydrogens (tertiary/aromatic N) is 2. The van der Waals surface area contributed by atoms with Crippen molar-refractivity contribution in [2.45, 2.75) is 19.3 Å². The highest BCUT2D eigenvalue weighted by Gasteiger charge is 2.38. The molecule has 0 spiro atoms. The first kappa shape index (κ1) is 31.1. The molecule has 1 aliphatic carbocycles. The fourth-order valence-electron chi connectivity index (χ4n) is 8.86. The Morgan fingerprint density at radius 3 is 1.89 bits per heavy atom. The lowest BCUT2D eigenvalue weighted by Crippen LogP contribution is -2.14. The largest absolute Gasteiger partial charge is 0.228 e. The summed E-state index contributed by atoms with van der Waals surface area (Å²) in [7, 11) is 0. The maximum atomic E-state index is 5.35. The van der Waals surface area contributed by atoms with E-state index in [1.54, 1.807) is 0 Å². The van der Waals surface area contributed by atoms with Crippen LogP contribution in [-0.2, 0) is 5.41 Å². The van der Waals surface area contributed by atoms with E-state index in [1.165, 1.54) is 69.7 Å². The Labute approximate surface area is 318 Å². The van der Waals surface area contributed by atoms with Gasteiger partial charge in [0.05, 0.1) is 11.4 Å². The highest BCUT2D eigenvalue weighted by atomic mass is 32.1. The van der Waals surface area contributed by atoms with Gasteiger partial charge in [-0.05, 0) is 79.2 Å². The molecule has 0 unspecified atom stereocenters. The van der Waals surface area contributed by atoms with Crippen molar-refractivity contribution < 1.29 is 0 Å². The molecule has 2 aromatic heterocycles. The van der Waals surface area contributed by atoms with E-state index in [9.17, 15) is 0 Å². The number of hydrogen-bond acceptors (Lipinski definition) is 3. The van der Waals surface area contributed by atoms with E-state index in [2.05, 4.69) is 184 Å². The van der Waals surface area contributed by atoms with Gasteiger partial charge in [-0.1, -0.05) is 159 Å². The molecule has 0 atom stereocenters. The number of hydrogen-bond donors (Lipinski definition) is 0. The third-order valence-electron chi connectivity index (χ3n) is 11.5. The molecule has 8 aromatic carbocycles. The van der Waals surface area contributed by atoms with Crippen molar-refractivity contribution in [3.63, 3.8) is 0 Å². The topological polar surface area (TPSA) is 25.8 Å². The van der Waals surface area contributed by atoms with Gasteiger partial charge in [0.25, 0.3) is 0 Å². The summed E-state index contributed by atoms with van der Waals surface area (Å²) in [5.41, 5.74) is 12.8. The maximum Gasteiger partial charge on any atom is 0.161 e. The Bertz CT molecular complexity index is 3130. The summed E-state index contributed by atoms with van der Waals surface area (Å²) in [6.45, 7) is 4.73. The van der Waals surface area contributed by atoms with Crippen LogP contribution >= 0.6 is 11.3 Å².